The van der Waals surface area contributed by atoms with Gasteiger partial charge in [-0.2, -0.15) is 0 Å². The minimum absolute atomic E-state index is 0.160. The first kappa shape index (κ1) is 15.6. The quantitative estimate of drug-likeness (QED) is 0.857. The maximum Gasteiger partial charge on any atom is 0.408 e. The summed E-state index contributed by atoms with van der Waals surface area (Å²) >= 11 is 0. The van der Waals surface area contributed by atoms with Gasteiger partial charge in [-0.25, -0.2) is 4.79 Å². The third kappa shape index (κ3) is 4.97. The van der Waals surface area contributed by atoms with Gasteiger partial charge in [-0.3, -0.25) is 4.79 Å². The van der Waals surface area contributed by atoms with E-state index in [0.717, 1.165) is 5.56 Å². The Balaban J connectivity index is 1.70. The maximum absolute atomic E-state index is 11.8. The SMILES string of the molecule is C[C@H](NC(=O)OCc1ccccc1)C(=O)NCc1ccco1. The summed E-state index contributed by atoms with van der Waals surface area (Å²) in [5.74, 6) is 0.334. The molecule has 2 amide bonds. The van der Waals surface area contributed by atoms with Crippen molar-refractivity contribution in [2.45, 2.75) is 26.1 Å². The molecule has 2 N–H and O–H groups in total. The highest BCUT2D eigenvalue weighted by Gasteiger charge is 2.16. The average Bonchev–Trinajstić information content (AvgIpc) is 3.05. The van der Waals surface area contributed by atoms with E-state index in [9.17, 15) is 9.59 Å². The zero-order valence-corrected chi connectivity index (χ0v) is 12.2. The molecule has 1 aromatic carbocycles. The Hall–Kier alpha value is -2.76. The summed E-state index contributed by atoms with van der Waals surface area (Å²) in [6, 6.07) is 12.1. The second-order valence-electron chi connectivity index (χ2n) is 4.72. The van der Waals surface area contributed by atoms with Gasteiger partial charge in [0.05, 0.1) is 12.8 Å². The van der Waals surface area contributed by atoms with Crippen LogP contribution in [0.4, 0.5) is 4.79 Å². The molecular formula is C16H18N2O4. The van der Waals surface area contributed by atoms with E-state index in [1.807, 2.05) is 30.3 Å². The van der Waals surface area contributed by atoms with Crippen LogP contribution in [0.2, 0.25) is 0 Å². The first-order chi connectivity index (χ1) is 10.6. The third-order valence-corrected chi connectivity index (χ3v) is 2.96. The minimum atomic E-state index is -0.696. The number of ether oxygens (including phenoxy) is 1. The van der Waals surface area contributed by atoms with Gasteiger partial charge in [0, 0.05) is 0 Å². The maximum atomic E-state index is 11.8. The number of furan rings is 1. The van der Waals surface area contributed by atoms with E-state index in [0.29, 0.717) is 5.76 Å². The minimum Gasteiger partial charge on any atom is -0.467 e. The molecule has 1 aromatic heterocycles. The van der Waals surface area contributed by atoms with Gasteiger partial charge in [0.2, 0.25) is 5.91 Å². The molecule has 0 radical (unpaired) electrons. The van der Waals surface area contributed by atoms with E-state index < -0.39 is 12.1 Å². The van der Waals surface area contributed by atoms with Gasteiger partial charge in [0.1, 0.15) is 18.4 Å². The van der Waals surface area contributed by atoms with Crippen molar-refractivity contribution < 1.29 is 18.7 Å². The van der Waals surface area contributed by atoms with Gasteiger partial charge < -0.3 is 19.8 Å². The Morgan fingerprint density at radius 3 is 2.64 bits per heavy atom. The van der Waals surface area contributed by atoms with Crippen LogP contribution in [0.5, 0.6) is 0 Å². The molecule has 0 unspecified atom stereocenters. The van der Waals surface area contributed by atoms with Gasteiger partial charge in [-0.15, -0.1) is 0 Å². The predicted octanol–water partition coefficient (Wildman–Crippen LogP) is 2.21. The topological polar surface area (TPSA) is 80.6 Å². The lowest BCUT2D eigenvalue weighted by Crippen LogP contribution is -2.44. The molecule has 0 saturated heterocycles. The fourth-order valence-corrected chi connectivity index (χ4v) is 1.75. The zero-order valence-electron chi connectivity index (χ0n) is 12.2. The van der Waals surface area contributed by atoms with Crippen molar-refractivity contribution in [3.05, 3.63) is 60.1 Å². The zero-order chi connectivity index (χ0) is 15.8. The van der Waals surface area contributed by atoms with Crippen LogP contribution in [0.1, 0.15) is 18.2 Å². The summed E-state index contributed by atoms with van der Waals surface area (Å²) in [7, 11) is 0. The molecule has 0 saturated carbocycles. The van der Waals surface area contributed by atoms with Crippen molar-refractivity contribution in [2.75, 3.05) is 0 Å². The molecule has 0 aliphatic rings. The summed E-state index contributed by atoms with van der Waals surface area (Å²) in [5.41, 5.74) is 0.882. The molecule has 2 rings (SSSR count). The highest BCUT2D eigenvalue weighted by atomic mass is 16.5. The first-order valence-corrected chi connectivity index (χ1v) is 6.92. The van der Waals surface area contributed by atoms with Crippen LogP contribution >= 0.6 is 0 Å². The van der Waals surface area contributed by atoms with E-state index in [-0.39, 0.29) is 19.1 Å². The van der Waals surface area contributed by atoms with Gasteiger partial charge in [-0.05, 0) is 24.6 Å². The van der Waals surface area contributed by atoms with Crippen LogP contribution in [0.15, 0.2) is 53.1 Å². The average molecular weight is 302 g/mol. The molecule has 1 heterocycles. The molecule has 6 heteroatoms. The second-order valence-corrected chi connectivity index (χ2v) is 4.72. The summed E-state index contributed by atoms with van der Waals surface area (Å²) < 4.78 is 10.2. The molecule has 0 aliphatic heterocycles. The predicted molar refractivity (Wildman–Crippen MR) is 79.8 cm³/mol. The summed E-state index contributed by atoms with van der Waals surface area (Å²) in [6.45, 7) is 2.02. The van der Waals surface area contributed by atoms with E-state index in [4.69, 9.17) is 9.15 Å². The van der Waals surface area contributed by atoms with Crippen molar-refractivity contribution in [3.8, 4) is 0 Å². The fraction of sp³-hybridized carbons (Fsp3) is 0.250. The van der Waals surface area contributed by atoms with Crippen LogP contribution in [0, 0.1) is 0 Å². The largest absolute Gasteiger partial charge is 0.467 e. The third-order valence-electron chi connectivity index (χ3n) is 2.96. The van der Waals surface area contributed by atoms with Gasteiger partial charge in [0.25, 0.3) is 0 Å². The normalized spacial score (nSPS) is 11.5. The molecule has 0 spiro atoms. The summed E-state index contributed by atoms with van der Waals surface area (Å²) in [6.07, 6.45) is 0.897. The molecular weight excluding hydrogens is 284 g/mol. The molecule has 116 valence electrons. The number of amides is 2. The van der Waals surface area contributed by atoms with Crippen molar-refractivity contribution >= 4 is 12.0 Å². The van der Waals surface area contributed by atoms with Gasteiger partial charge >= 0.3 is 6.09 Å². The summed E-state index contributed by atoms with van der Waals surface area (Å²) in [4.78, 5) is 23.5. The number of alkyl carbamates (subject to hydrolysis) is 1. The lowest BCUT2D eigenvalue weighted by molar-refractivity contribution is -0.122. The molecule has 6 nitrogen and oxygen atoms in total. The van der Waals surface area contributed by atoms with Crippen molar-refractivity contribution in [1.82, 2.24) is 10.6 Å². The lowest BCUT2D eigenvalue weighted by atomic mass is 10.2. The lowest BCUT2D eigenvalue weighted by Gasteiger charge is -2.13. The Morgan fingerprint density at radius 1 is 1.18 bits per heavy atom. The molecule has 22 heavy (non-hydrogen) atoms. The van der Waals surface area contributed by atoms with Crippen molar-refractivity contribution in [1.29, 1.82) is 0 Å². The smallest absolute Gasteiger partial charge is 0.408 e. The van der Waals surface area contributed by atoms with Crippen molar-refractivity contribution in [3.63, 3.8) is 0 Å². The van der Waals surface area contributed by atoms with Crippen LogP contribution in [-0.4, -0.2) is 18.0 Å². The number of hydrogen-bond donors (Lipinski definition) is 2. The Kier molecular flexibility index (Phi) is 5.59. The number of hydrogen-bond acceptors (Lipinski definition) is 4. The van der Waals surface area contributed by atoms with Crippen LogP contribution in [-0.2, 0) is 22.7 Å². The Bertz CT molecular complexity index is 596. The fourth-order valence-electron chi connectivity index (χ4n) is 1.75. The van der Waals surface area contributed by atoms with Crippen LogP contribution in [0.3, 0.4) is 0 Å². The standard InChI is InChI=1S/C16H18N2O4/c1-12(15(19)17-10-14-8-5-9-21-14)18-16(20)22-11-13-6-3-2-4-7-13/h2-9,12H,10-11H2,1H3,(H,17,19)(H,18,20)/t12-/m0/s1. The number of benzene rings is 1. The molecule has 0 aliphatic carbocycles. The second kappa shape index (κ2) is 7.87. The van der Waals surface area contributed by atoms with E-state index >= 15 is 0 Å². The number of rotatable bonds is 6. The Morgan fingerprint density at radius 2 is 1.95 bits per heavy atom. The van der Waals surface area contributed by atoms with Crippen molar-refractivity contribution in [2.24, 2.45) is 0 Å². The van der Waals surface area contributed by atoms with Gasteiger partial charge in [0.15, 0.2) is 0 Å². The number of carbonyl (C=O) groups is 2. The molecule has 2 aromatic rings. The number of nitrogens with one attached hydrogen (secondary N) is 2. The van der Waals surface area contributed by atoms with E-state index in [1.165, 1.54) is 6.26 Å². The highest BCUT2D eigenvalue weighted by Crippen LogP contribution is 2.01. The highest BCUT2D eigenvalue weighted by molar-refractivity contribution is 5.85. The van der Waals surface area contributed by atoms with E-state index in [2.05, 4.69) is 10.6 Å². The first-order valence-electron chi connectivity index (χ1n) is 6.92. The molecule has 0 bridgehead atoms. The Labute approximate surface area is 128 Å². The van der Waals surface area contributed by atoms with E-state index in [1.54, 1.807) is 19.1 Å². The monoisotopic (exact) mass is 302 g/mol. The van der Waals surface area contributed by atoms with Crippen LogP contribution in [0.25, 0.3) is 0 Å². The molecule has 0 fully saturated rings. The number of carbonyl (C=O) groups excluding carboxylic acids is 2. The van der Waals surface area contributed by atoms with Gasteiger partial charge in [-0.1, -0.05) is 30.3 Å². The van der Waals surface area contributed by atoms with Crippen LogP contribution < -0.4 is 10.6 Å². The molecule has 1 atom stereocenters. The summed E-state index contributed by atoms with van der Waals surface area (Å²) in [5, 5.41) is 5.14.